The van der Waals surface area contributed by atoms with Crippen molar-refractivity contribution in [1.82, 2.24) is 5.32 Å². The van der Waals surface area contributed by atoms with Crippen LogP contribution in [0.4, 0.5) is 4.39 Å². The predicted molar refractivity (Wildman–Crippen MR) is 69.5 cm³/mol. The lowest BCUT2D eigenvalue weighted by atomic mass is 9.93. The van der Waals surface area contributed by atoms with Gasteiger partial charge in [0.2, 0.25) is 0 Å². The van der Waals surface area contributed by atoms with Crippen molar-refractivity contribution >= 4 is 23.1 Å². The highest BCUT2D eigenvalue weighted by Gasteiger charge is 2.46. The van der Waals surface area contributed by atoms with Crippen molar-refractivity contribution in [3.05, 3.63) is 47.1 Å². The van der Waals surface area contributed by atoms with E-state index in [9.17, 15) is 9.18 Å². The standard InChI is InChI=1S/C13H11ClFNO3/c1-19-10-5-3-2-4-8(10)11-9(14)6-7-16-13(11,15)12(17)18/h2-7,16H,1H3,(H,17,18). The van der Waals surface area contributed by atoms with Gasteiger partial charge >= 0.3 is 11.8 Å². The van der Waals surface area contributed by atoms with Gasteiger partial charge in [-0.2, -0.15) is 0 Å². The molecular formula is C13H11ClFNO3. The van der Waals surface area contributed by atoms with Gasteiger partial charge in [-0.1, -0.05) is 29.8 Å². The number of methoxy groups -OCH3 is 1. The number of dihydropyridines is 1. The fourth-order valence-corrected chi connectivity index (χ4v) is 2.18. The number of alkyl halides is 1. The molecule has 4 nitrogen and oxygen atoms in total. The van der Waals surface area contributed by atoms with E-state index in [4.69, 9.17) is 21.4 Å². The van der Waals surface area contributed by atoms with Crippen LogP contribution in [0.15, 0.2) is 41.6 Å². The van der Waals surface area contributed by atoms with Gasteiger partial charge in [-0.25, -0.2) is 9.18 Å². The minimum atomic E-state index is -2.79. The Balaban J connectivity index is 2.68. The Bertz CT molecular complexity index is 585. The van der Waals surface area contributed by atoms with Crippen LogP contribution in [-0.2, 0) is 4.79 Å². The molecule has 0 bridgehead atoms. The van der Waals surface area contributed by atoms with Gasteiger partial charge in [0.25, 0.3) is 0 Å². The Morgan fingerprint density at radius 1 is 1.47 bits per heavy atom. The van der Waals surface area contributed by atoms with Gasteiger partial charge in [-0.3, -0.25) is 0 Å². The fourth-order valence-electron chi connectivity index (χ4n) is 1.88. The number of hydrogen-bond acceptors (Lipinski definition) is 3. The van der Waals surface area contributed by atoms with E-state index in [1.807, 2.05) is 0 Å². The van der Waals surface area contributed by atoms with Crippen LogP contribution in [0.2, 0.25) is 0 Å². The summed E-state index contributed by atoms with van der Waals surface area (Å²) in [6, 6.07) is 6.50. The number of rotatable bonds is 3. The molecule has 0 fully saturated rings. The number of carboxylic acids is 1. The number of allylic oxidation sites excluding steroid dienone is 2. The van der Waals surface area contributed by atoms with Crippen molar-refractivity contribution in [1.29, 1.82) is 0 Å². The van der Waals surface area contributed by atoms with Crippen LogP contribution in [0.1, 0.15) is 5.56 Å². The molecule has 0 saturated heterocycles. The van der Waals surface area contributed by atoms with Gasteiger partial charge in [0.15, 0.2) is 0 Å². The van der Waals surface area contributed by atoms with Crippen LogP contribution in [0, 0.1) is 0 Å². The van der Waals surface area contributed by atoms with Crippen LogP contribution < -0.4 is 10.1 Å². The first kappa shape index (κ1) is 13.4. The molecule has 1 unspecified atom stereocenters. The van der Waals surface area contributed by atoms with Crippen LogP contribution >= 0.6 is 11.6 Å². The van der Waals surface area contributed by atoms with Gasteiger partial charge in [-0.05, 0) is 12.1 Å². The third-order valence-electron chi connectivity index (χ3n) is 2.77. The van der Waals surface area contributed by atoms with E-state index in [2.05, 4.69) is 5.32 Å². The first-order valence-corrected chi connectivity index (χ1v) is 5.78. The van der Waals surface area contributed by atoms with Gasteiger partial charge in [-0.15, -0.1) is 0 Å². The predicted octanol–water partition coefficient (Wildman–Crippen LogP) is 2.51. The lowest BCUT2D eigenvalue weighted by Crippen LogP contribution is -2.48. The van der Waals surface area contributed by atoms with E-state index in [1.54, 1.807) is 24.3 Å². The Kier molecular flexibility index (Phi) is 3.48. The molecular weight excluding hydrogens is 273 g/mol. The average molecular weight is 284 g/mol. The molecule has 0 saturated carbocycles. The molecule has 6 heteroatoms. The summed E-state index contributed by atoms with van der Waals surface area (Å²) in [5, 5.41) is 11.3. The highest BCUT2D eigenvalue weighted by molar-refractivity contribution is 6.35. The molecule has 1 atom stereocenters. The number of aliphatic carboxylic acids is 1. The Morgan fingerprint density at radius 3 is 2.79 bits per heavy atom. The summed E-state index contributed by atoms with van der Waals surface area (Å²) >= 11 is 5.97. The van der Waals surface area contributed by atoms with E-state index in [0.717, 1.165) is 6.20 Å². The van der Waals surface area contributed by atoms with Crippen LogP contribution in [0.3, 0.4) is 0 Å². The third kappa shape index (κ3) is 2.17. The quantitative estimate of drug-likeness (QED) is 0.837. The third-order valence-corrected chi connectivity index (χ3v) is 3.08. The number of carbonyl (C=O) groups is 1. The zero-order valence-electron chi connectivity index (χ0n) is 9.98. The maximum absolute atomic E-state index is 14.7. The van der Waals surface area contributed by atoms with E-state index in [0.29, 0.717) is 5.75 Å². The zero-order valence-corrected chi connectivity index (χ0v) is 10.7. The highest BCUT2D eigenvalue weighted by Crippen LogP contribution is 2.40. The average Bonchev–Trinajstić information content (AvgIpc) is 2.39. The molecule has 0 aromatic heterocycles. The summed E-state index contributed by atoms with van der Waals surface area (Å²) in [6.45, 7) is 0. The van der Waals surface area contributed by atoms with Crippen molar-refractivity contribution in [2.24, 2.45) is 0 Å². The second-order valence-electron chi connectivity index (χ2n) is 3.86. The zero-order chi connectivity index (χ0) is 14.0. The van der Waals surface area contributed by atoms with Crippen LogP contribution in [-0.4, -0.2) is 24.0 Å². The van der Waals surface area contributed by atoms with Crippen molar-refractivity contribution in [2.75, 3.05) is 7.11 Å². The minimum absolute atomic E-state index is 0.00755. The number of carboxylic acid groups (broad SMARTS) is 1. The summed E-state index contributed by atoms with van der Waals surface area (Å²) in [5.41, 5.74) is 0.110. The van der Waals surface area contributed by atoms with Crippen molar-refractivity contribution in [2.45, 2.75) is 5.79 Å². The Morgan fingerprint density at radius 2 is 2.16 bits per heavy atom. The summed E-state index contributed by atoms with van der Waals surface area (Å²) in [4.78, 5) is 11.2. The number of nitrogens with one attached hydrogen (secondary N) is 1. The number of halogens is 2. The lowest BCUT2D eigenvalue weighted by Gasteiger charge is -2.28. The van der Waals surface area contributed by atoms with Gasteiger partial charge in [0.1, 0.15) is 5.75 Å². The van der Waals surface area contributed by atoms with E-state index in [-0.39, 0.29) is 16.2 Å². The molecule has 1 heterocycles. The first-order valence-electron chi connectivity index (χ1n) is 5.41. The number of benzene rings is 1. The summed E-state index contributed by atoms with van der Waals surface area (Å²) in [6.07, 6.45) is 2.56. The monoisotopic (exact) mass is 283 g/mol. The molecule has 2 N–H and O–H groups in total. The number of ether oxygens (including phenoxy) is 1. The summed E-state index contributed by atoms with van der Waals surface area (Å²) in [7, 11) is 1.42. The van der Waals surface area contributed by atoms with Crippen LogP contribution in [0.25, 0.3) is 5.57 Å². The molecule has 1 aromatic carbocycles. The smallest absolute Gasteiger partial charge is 0.367 e. The van der Waals surface area contributed by atoms with Crippen molar-refractivity contribution in [3.8, 4) is 5.75 Å². The first-order chi connectivity index (χ1) is 9.00. The lowest BCUT2D eigenvalue weighted by molar-refractivity contribution is -0.148. The Hall–Kier alpha value is -2.01. The van der Waals surface area contributed by atoms with Gasteiger partial charge in [0.05, 0.1) is 17.7 Å². The molecule has 0 aliphatic carbocycles. The topological polar surface area (TPSA) is 58.6 Å². The molecule has 0 amide bonds. The second-order valence-corrected chi connectivity index (χ2v) is 4.27. The van der Waals surface area contributed by atoms with E-state index in [1.165, 1.54) is 13.2 Å². The Labute approximate surface area is 114 Å². The van der Waals surface area contributed by atoms with E-state index < -0.39 is 11.8 Å². The summed E-state index contributed by atoms with van der Waals surface area (Å²) < 4.78 is 19.8. The number of para-hydroxylation sites is 1. The highest BCUT2D eigenvalue weighted by atomic mass is 35.5. The molecule has 1 aliphatic heterocycles. The van der Waals surface area contributed by atoms with E-state index >= 15 is 0 Å². The van der Waals surface area contributed by atoms with Gasteiger partial charge < -0.3 is 15.2 Å². The molecule has 0 spiro atoms. The number of hydrogen-bond donors (Lipinski definition) is 2. The molecule has 100 valence electrons. The molecule has 1 aromatic rings. The molecule has 19 heavy (non-hydrogen) atoms. The maximum atomic E-state index is 14.7. The van der Waals surface area contributed by atoms with Crippen molar-refractivity contribution in [3.63, 3.8) is 0 Å². The summed E-state index contributed by atoms with van der Waals surface area (Å²) in [5.74, 6) is -4.12. The molecule has 2 rings (SSSR count). The maximum Gasteiger partial charge on any atom is 0.367 e. The minimum Gasteiger partial charge on any atom is -0.496 e. The van der Waals surface area contributed by atoms with Crippen molar-refractivity contribution < 1.29 is 19.0 Å². The largest absolute Gasteiger partial charge is 0.496 e. The van der Waals surface area contributed by atoms with Gasteiger partial charge in [0, 0.05) is 11.8 Å². The fraction of sp³-hybridized carbons (Fsp3) is 0.154. The SMILES string of the molecule is COc1ccccc1C1=C(Cl)C=CNC1(F)C(=O)O. The normalized spacial score (nSPS) is 22.1. The molecule has 1 aliphatic rings. The molecule has 0 radical (unpaired) electrons. The second kappa shape index (κ2) is 4.93. The van der Waals surface area contributed by atoms with Crippen LogP contribution in [0.5, 0.6) is 5.75 Å².